The van der Waals surface area contributed by atoms with E-state index in [9.17, 15) is 4.79 Å². The Morgan fingerprint density at radius 3 is 2.75 bits per heavy atom. The van der Waals surface area contributed by atoms with Crippen LogP contribution in [-0.4, -0.2) is 46.9 Å². The van der Waals surface area contributed by atoms with Gasteiger partial charge in [0.05, 0.1) is 11.2 Å². The van der Waals surface area contributed by atoms with Crippen molar-refractivity contribution < 1.29 is 4.79 Å². The second-order valence-electron chi connectivity index (χ2n) is 6.19. The molecule has 2 heterocycles. The van der Waals surface area contributed by atoms with Crippen LogP contribution < -0.4 is 11.1 Å². The van der Waals surface area contributed by atoms with Crippen molar-refractivity contribution in [3.63, 3.8) is 0 Å². The number of aryl methyl sites for hydroxylation is 1. The van der Waals surface area contributed by atoms with Crippen LogP contribution in [0.3, 0.4) is 0 Å². The lowest BCUT2D eigenvalue weighted by Crippen LogP contribution is -2.43. The molecule has 0 spiro atoms. The van der Waals surface area contributed by atoms with Gasteiger partial charge in [0.15, 0.2) is 0 Å². The first kappa shape index (κ1) is 16.3. The van der Waals surface area contributed by atoms with E-state index in [0.717, 1.165) is 42.5 Å². The molecule has 1 fully saturated rings. The third-order valence-corrected chi connectivity index (χ3v) is 4.34. The van der Waals surface area contributed by atoms with Gasteiger partial charge >= 0.3 is 0 Å². The molecule has 1 aliphatic rings. The van der Waals surface area contributed by atoms with Gasteiger partial charge in [-0.25, -0.2) is 9.97 Å². The van der Waals surface area contributed by atoms with Gasteiger partial charge < -0.3 is 10.6 Å². The number of rotatable bonds is 2. The number of likely N-dealkylation sites (tertiary alicyclic amines) is 1. The van der Waals surface area contributed by atoms with Crippen molar-refractivity contribution in [1.82, 2.24) is 20.2 Å². The van der Waals surface area contributed by atoms with Gasteiger partial charge in [-0.05, 0) is 46.0 Å². The summed E-state index contributed by atoms with van der Waals surface area (Å²) in [5.41, 5.74) is 7.49. The van der Waals surface area contributed by atoms with E-state index in [2.05, 4.69) is 32.2 Å². The highest BCUT2D eigenvalue weighted by molar-refractivity contribution is 5.98. The summed E-state index contributed by atoms with van der Waals surface area (Å²) in [4.78, 5) is 27.3. The predicted octanol–water partition coefficient (Wildman–Crippen LogP) is 1.34. The number of amides is 1. The zero-order valence-corrected chi connectivity index (χ0v) is 14.0. The van der Waals surface area contributed by atoms with Crippen LogP contribution in [-0.2, 0) is 4.79 Å². The molecule has 7 nitrogen and oxygen atoms in total. The number of piperidine rings is 1. The van der Waals surface area contributed by atoms with E-state index >= 15 is 0 Å². The van der Waals surface area contributed by atoms with Crippen LogP contribution >= 0.6 is 0 Å². The highest BCUT2D eigenvalue weighted by Crippen LogP contribution is 2.18. The Labute approximate surface area is 141 Å². The second kappa shape index (κ2) is 6.92. The van der Waals surface area contributed by atoms with Gasteiger partial charge in [0.25, 0.3) is 5.95 Å². The summed E-state index contributed by atoms with van der Waals surface area (Å²) in [6.45, 7) is 3.74. The smallest absolute Gasteiger partial charge is 0.253 e. The monoisotopic (exact) mass is 326 g/mol. The molecule has 7 heteroatoms. The molecule has 3 N–H and O–H groups in total. The fraction of sp³-hybridized carbons (Fsp3) is 0.412. The molecule has 126 valence electrons. The summed E-state index contributed by atoms with van der Waals surface area (Å²) >= 11 is 0. The number of guanidine groups is 1. The van der Waals surface area contributed by atoms with Crippen molar-refractivity contribution in [2.24, 2.45) is 16.6 Å². The number of carbonyl (C=O) groups is 1. The minimum absolute atomic E-state index is 0.0193. The van der Waals surface area contributed by atoms with E-state index < -0.39 is 0 Å². The maximum Gasteiger partial charge on any atom is 0.253 e. The molecule has 0 unspecified atom stereocenters. The number of aromatic nitrogens is 2. The number of aliphatic imine (C=N–C) groups is 1. The number of carbonyl (C=O) groups excluding carboxylic acids is 1. The van der Waals surface area contributed by atoms with Gasteiger partial charge in [0, 0.05) is 11.3 Å². The first-order valence-electron chi connectivity index (χ1n) is 8.10. The Hall–Kier alpha value is -2.54. The van der Waals surface area contributed by atoms with Gasteiger partial charge in [-0.1, -0.05) is 18.2 Å². The molecule has 1 saturated heterocycles. The predicted molar refractivity (Wildman–Crippen MR) is 93.9 cm³/mol. The van der Waals surface area contributed by atoms with E-state index in [1.165, 1.54) is 0 Å². The Balaban J connectivity index is 1.72. The van der Waals surface area contributed by atoms with Crippen LogP contribution in [0.25, 0.3) is 10.9 Å². The number of nitrogens with one attached hydrogen (secondary N) is 1. The number of fused-ring (bicyclic) bond motifs is 1. The summed E-state index contributed by atoms with van der Waals surface area (Å²) < 4.78 is 0. The van der Waals surface area contributed by atoms with Crippen molar-refractivity contribution >= 4 is 28.7 Å². The van der Waals surface area contributed by atoms with E-state index in [-0.39, 0.29) is 23.7 Å². The molecule has 0 atom stereocenters. The average Bonchev–Trinajstić information content (AvgIpc) is 2.55. The van der Waals surface area contributed by atoms with Crippen molar-refractivity contribution in [3.05, 3.63) is 30.0 Å². The molecule has 1 amide bonds. The van der Waals surface area contributed by atoms with Crippen LogP contribution in [0.4, 0.5) is 5.95 Å². The van der Waals surface area contributed by atoms with E-state index in [0.29, 0.717) is 0 Å². The zero-order valence-electron chi connectivity index (χ0n) is 14.0. The van der Waals surface area contributed by atoms with Crippen LogP contribution in [0.5, 0.6) is 0 Å². The number of benzene rings is 1. The molecule has 1 aromatic carbocycles. The highest BCUT2D eigenvalue weighted by atomic mass is 16.2. The molecule has 3 rings (SSSR count). The molecule has 1 aliphatic heterocycles. The minimum Gasteiger partial charge on any atom is -0.369 e. The van der Waals surface area contributed by atoms with Gasteiger partial charge in [-0.2, -0.15) is 4.99 Å². The first-order valence-corrected chi connectivity index (χ1v) is 8.10. The van der Waals surface area contributed by atoms with Gasteiger partial charge in [0.2, 0.25) is 11.9 Å². The number of nitrogens with zero attached hydrogens (tertiary/aromatic N) is 4. The van der Waals surface area contributed by atoms with Crippen LogP contribution in [0.1, 0.15) is 18.5 Å². The number of para-hydroxylation sites is 1. The maximum absolute atomic E-state index is 12.3. The Bertz CT molecular complexity index is 780. The lowest BCUT2D eigenvalue weighted by molar-refractivity contribution is -0.124. The summed E-state index contributed by atoms with van der Waals surface area (Å²) in [5, 5.41) is 3.65. The molecule has 1 aromatic heterocycles. The molecular weight excluding hydrogens is 304 g/mol. The Kier molecular flexibility index (Phi) is 4.71. The minimum atomic E-state index is -0.0816. The first-order chi connectivity index (χ1) is 11.5. The quantitative estimate of drug-likeness (QED) is 0.641. The lowest BCUT2D eigenvalue weighted by Gasteiger charge is -2.27. The third kappa shape index (κ3) is 3.68. The van der Waals surface area contributed by atoms with Crippen LogP contribution in [0.15, 0.2) is 29.3 Å². The third-order valence-electron chi connectivity index (χ3n) is 4.34. The number of nitrogens with two attached hydrogens (primary N) is 1. The fourth-order valence-corrected chi connectivity index (χ4v) is 2.90. The topological polar surface area (TPSA) is 96.5 Å². The van der Waals surface area contributed by atoms with Crippen molar-refractivity contribution in [2.75, 3.05) is 20.1 Å². The van der Waals surface area contributed by atoms with Gasteiger partial charge in [0.1, 0.15) is 0 Å². The maximum atomic E-state index is 12.3. The molecular formula is C17H22N6O. The average molecular weight is 326 g/mol. The van der Waals surface area contributed by atoms with Crippen molar-refractivity contribution in [2.45, 2.75) is 19.8 Å². The van der Waals surface area contributed by atoms with Gasteiger partial charge in [-0.15, -0.1) is 0 Å². The van der Waals surface area contributed by atoms with Crippen LogP contribution in [0.2, 0.25) is 0 Å². The lowest BCUT2D eigenvalue weighted by atomic mass is 9.96. The normalized spacial score (nSPS) is 17.2. The summed E-state index contributed by atoms with van der Waals surface area (Å²) in [7, 11) is 2.06. The fourth-order valence-electron chi connectivity index (χ4n) is 2.90. The zero-order chi connectivity index (χ0) is 17.1. The summed E-state index contributed by atoms with van der Waals surface area (Å²) in [6.07, 6.45) is 1.67. The van der Waals surface area contributed by atoms with Crippen LogP contribution in [0, 0.1) is 12.8 Å². The standard InChI is InChI=1S/C17H22N6O/c1-11-13-5-3-4-6-14(13)20-17(19-11)22-16(18)21-15(24)12-7-9-23(2)10-8-12/h3-6,12H,7-10H2,1-2H3,(H3,18,19,20,21,22,24). The Morgan fingerprint density at radius 2 is 2.00 bits per heavy atom. The second-order valence-corrected chi connectivity index (χ2v) is 6.19. The number of hydrogen-bond acceptors (Lipinski definition) is 5. The summed E-state index contributed by atoms with van der Waals surface area (Å²) in [6, 6.07) is 7.71. The number of hydrogen-bond donors (Lipinski definition) is 2. The van der Waals surface area contributed by atoms with E-state index in [4.69, 9.17) is 5.73 Å². The molecule has 0 bridgehead atoms. The molecule has 0 radical (unpaired) electrons. The summed E-state index contributed by atoms with van der Waals surface area (Å²) in [5.74, 6) is 0.192. The van der Waals surface area contributed by atoms with E-state index in [1.807, 2.05) is 31.2 Å². The van der Waals surface area contributed by atoms with E-state index in [1.54, 1.807) is 0 Å². The highest BCUT2D eigenvalue weighted by Gasteiger charge is 2.23. The Morgan fingerprint density at radius 1 is 1.29 bits per heavy atom. The molecule has 0 saturated carbocycles. The van der Waals surface area contributed by atoms with Gasteiger partial charge in [-0.3, -0.25) is 10.1 Å². The largest absolute Gasteiger partial charge is 0.369 e. The molecule has 0 aliphatic carbocycles. The molecule has 24 heavy (non-hydrogen) atoms. The molecule has 2 aromatic rings. The van der Waals surface area contributed by atoms with Crippen molar-refractivity contribution in [1.29, 1.82) is 0 Å². The SMILES string of the molecule is Cc1nc(N=C(N)NC(=O)C2CCN(C)CC2)nc2ccccc12. The van der Waals surface area contributed by atoms with Crippen molar-refractivity contribution in [3.8, 4) is 0 Å².